The van der Waals surface area contributed by atoms with Crippen LogP contribution in [0.2, 0.25) is 0 Å². The summed E-state index contributed by atoms with van der Waals surface area (Å²) < 4.78 is 12.1. The van der Waals surface area contributed by atoms with Crippen LogP contribution >= 0.6 is 0 Å². The van der Waals surface area contributed by atoms with E-state index in [-0.39, 0.29) is 0 Å². The third-order valence-electron chi connectivity index (χ3n) is 7.02. The minimum atomic E-state index is 0.300. The van der Waals surface area contributed by atoms with Crippen LogP contribution in [0.5, 0.6) is 17.2 Å². The molecule has 0 atom stereocenters. The average Bonchev–Trinajstić information content (AvgIpc) is 3.23. The average molecular weight is 461 g/mol. The number of aromatic amines is 1. The molecule has 5 rings (SSSR count). The summed E-state index contributed by atoms with van der Waals surface area (Å²) in [6.45, 7) is 6.94. The number of hydrogen-bond donors (Lipinski definition) is 2. The van der Waals surface area contributed by atoms with Gasteiger partial charge in [0.05, 0.1) is 19.4 Å². The first-order chi connectivity index (χ1) is 16.5. The number of phenols is 1. The van der Waals surface area contributed by atoms with Gasteiger partial charge in [0, 0.05) is 27.4 Å². The maximum atomic E-state index is 10.2. The van der Waals surface area contributed by atoms with Gasteiger partial charge >= 0.3 is 0 Å². The Morgan fingerprint density at radius 2 is 1.88 bits per heavy atom. The molecule has 2 aromatic carbocycles. The van der Waals surface area contributed by atoms with Crippen molar-refractivity contribution in [2.24, 2.45) is 5.92 Å². The zero-order valence-electron chi connectivity index (χ0n) is 20.3. The van der Waals surface area contributed by atoms with Crippen molar-refractivity contribution in [1.82, 2.24) is 20.1 Å². The van der Waals surface area contributed by atoms with Gasteiger partial charge < -0.3 is 19.5 Å². The summed E-state index contributed by atoms with van der Waals surface area (Å²) in [6, 6.07) is 9.72. The van der Waals surface area contributed by atoms with Crippen molar-refractivity contribution in [2.45, 2.75) is 33.1 Å². The fourth-order valence-corrected chi connectivity index (χ4v) is 4.89. The number of likely N-dealkylation sites (tertiary alicyclic amines) is 1. The van der Waals surface area contributed by atoms with Crippen molar-refractivity contribution >= 4 is 21.8 Å². The molecule has 178 valence electrons. The molecule has 4 aromatic rings. The molecule has 34 heavy (non-hydrogen) atoms. The van der Waals surface area contributed by atoms with E-state index in [0.29, 0.717) is 29.7 Å². The van der Waals surface area contributed by atoms with Crippen molar-refractivity contribution in [3.05, 3.63) is 41.6 Å². The van der Waals surface area contributed by atoms with Crippen molar-refractivity contribution in [3.8, 4) is 28.5 Å². The van der Waals surface area contributed by atoms with Gasteiger partial charge in [-0.1, -0.05) is 6.92 Å². The molecule has 1 aliphatic heterocycles. The number of aromatic hydroxyl groups is 1. The Bertz CT molecular complexity index is 1340. The van der Waals surface area contributed by atoms with Crippen LogP contribution in [0, 0.1) is 12.8 Å². The Morgan fingerprint density at radius 3 is 2.62 bits per heavy atom. The van der Waals surface area contributed by atoms with Gasteiger partial charge in [-0.15, -0.1) is 0 Å². The third kappa shape index (κ3) is 4.05. The van der Waals surface area contributed by atoms with E-state index in [4.69, 9.17) is 14.5 Å². The number of hydrogen-bond acceptors (Lipinski definition) is 6. The van der Waals surface area contributed by atoms with Crippen LogP contribution in [0.1, 0.15) is 31.0 Å². The maximum absolute atomic E-state index is 10.2. The molecule has 0 unspecified atom stereocenters. The van der Waals surface area contributed by atoms with Crippen LogP contribution in [-0.4, -0.2) is 59.0 Å². The molecule has 0 aliphatic carbocycles. The van der Waals surface area contributed by atoms with Crippen molar-refractivity contribution < 1.29 is 14.6 Å². The largest absolute Gasteiger partial charge is 0.508 e. The number of aromatic nitrogens is 3. The number of methoxy groups -OCH3 is 1. The number of fused-ring (bicyclic) bond motifs is 3. The first kappa shape index (κ1) is 22.5. The van der Waals surface area contributed by atoms with Gasteiger partial charge in [0.2, 0.25) is 0 Å². The molecule has 7 heteroatoms. The van der Waals surface area contributed by atoms with Crippen molar-refractivity contribution in [1.29, 1.82) is 0 Å². The predicted molar refractivity (Wildman–Crippen MR) is 135 cm³/mol. The first-order valence-corrected chi connectivity index (χ1v) is 12.0. The van der Waals surface area contributed by atoms with Crippen molar-refractivity contribution in [3.63, 3.8) is 0 Å². The summed E-state index contributed by atoms with van der Waals surface area (Å²) in [5.74, 6) is 2.28. The number of nitrogens with one attached hydrogen (secondary N) is 1. The zero-order chi connectivity index (χ0) is 23.8. The fourth-order valence-electron chi connectivity index (χ4n) is 4.89. The lowest BCUT2D eigenvalue weighted by atomic mass is 9.97. The van der Waals surface area contributed by atoms with Crippen molar-refractivity contribution in [2.75, 3.05) is 33.9 Å². The van der Waals surface area contributed by atoms with E-state index in [2.05, 4.69) is 28.2 Å². The van der Waals surface area contributed by atoms with Gasteiger partial charge in [-0.3, -0.25) is 5.10 Å². The highest BCUT2D eigenvalue weighted by atomic mass is 16.5. The van der Waals surface area contributed by atoms with E-state index in [0.717, 1.165) is 76.8 Å². The third-order valence-corrected chi connectivity index (χ3v) is 7.02. The Balaban J connectivity index is 1.63. The summed E-state index contributed by atoms with van der Waals surface area (Å²) in [5, 5.41) is 20.7. The van der Waals surface area contributed by atoms with Crippen LogP contribution in [0.4, 0.5) is 0 Å². The molecule has 1 aliphatic rings. The van der Waals surface area contributed by atoms with Crippen LogP contribution in [0.25, 0.3) is 33.1 Å². The molecule has 0 bridgehead atoms. The summed E-state index contributed by atoms with van der Waals surface area (Å²) >= 11 is 0. The van der Waals surface area contributed by atoms with Gasteiger partial charge in [-0.05, 0) is 88.1 Å². The Hall–Kier alpha value is -3.32. The SMILES string of the molecule is CCc1cc(-c2nc3n[nH]c(C)c3c3cc(OCC4CCN(C)CC4)c(OC)cc23)ccc1O. The van der Waals surface area contributed by atoms with E-state index in [1.54, 1.807) is 13.2 Å². The molecular weight excluding hydrogens is 428 g/mol. The lowest BCUT2D eigenvalue weighted by Gasteiger charge is -2.29. The molecular formula is C27H32N4O3. The van der Waals surface area contributed by atoms with Crippen LogP contribution in [0.3, 0.4) is 0 Å². The number of H-pyrrole nitrogens is 1. The highest BCUT2D eigenvalue weighted by Crippen LogP contribution is 2.41. The van der Waals surface area contributed by atoms with E-state index >= 15 is 0 Å². The fraction of sp³-hybridized carbons (Fsp3) is 0.407. The molecule has 1 saturated heterocycles. The zero-order valence-corrected chi connectivity index (χ0v) is 20.3. The number of piperidine rings is 1. The Kier molecular flexibility index (Phi) is 6.04. The maximum Gasteiger partial charge on any atom is 0.182 e. The molecule has 0 saturated carbocycles. The predicted octanol–water partition coefficient (Wildman–Crippen LogP) is 5.08. The van der Waals surface area contributed by atoms with Gasteiger partial charge in [0.25, 0.3) is 0 Å². The smallest absolute Gasteiger partial charge is 0.182 e. The molecule has 2 aromatic heterocycles. The number of rotatable bonds is 6. The minimum Gasteiger partial charge on any atom is -0.508 e. The number of benzene rings is 2. The van der Waals surface area contributed by atoms with E-state index in [1.165, 1.54) is 0 Å². The van der Waals surface area contributed by atoms with Crippen LogP contribution in [0.15, 0.2) is 30.3 Å². The monoisotopic (exact) mass is 460 g/mol. The molecule has 0 spiro atoms. The Labute approximate surface area is 199 Å². The van der Waals surface area contributed by atoms with Gasteiger partial charge in [0.1, 0.15) is 5.75 Å². The second-order valence-electron chi connectivity index (χ2n) is 9.31. The second-order valence-corrected chi connectivity index (χ2v) is 9.31. The van der Waals surface area contributed by atoms with Gasteiger partial charge in [0.15, 0.2) is 17.1 Å². The minimum absolute atomic E-state index is 0.300. The molecule has 7 nitrogen and oxygen atoms in total. The number of nitrogens with zero attached hydrogens (tertiary/aromatic N) is 3. The standard InChI is InChI=1S/C27H32N4O3/c1-5-18-12-19(6-7-22(18)32)26-21-14-23(33-4)24(34-15-17-8-10-31(3)11-9-17)13-20(21)25-16(2)29-30-27(25)28-26/h6-7,12-14,17,32H,5,8-11,15H2,1-4H3,(H,28,29,30). The number of aryl methyl sites for hydroxylation is 2. The summed E-state index contributed by atoms with van der Waals surface area (Å²) in [5.41, 5.74) is 4.26. The highest BCUT2D eigenvalue weighted by molar-refractivity contribution is 6.12. The van der Waals surface area contributed by atoms with Gasteiger partial charge in [-0.25, -0.2) is 4.98 Å². The number of phenolic OH excluding ortho intramolecular Hbond substituents is 1. The molecule has 3 heterocycles. The molecule has 0 amide bonds. The summed E-state index contributed by atoms with van der Waals surface area (Å²) in [7, 11) is 3.85. The quantitative estimate of drug-likeness (QED) is 0.417. The van der Waals surface area contributed by atoms with E-state index < -0.39 is 0 Å². The lowest BCUT2D eigenvalue weighted by molar-refractivity contribution is 0.157. The van der Waals surface area contributed by atoms with Gasteiger partial charge in [-0.2, -0.15) is 5.10 Å². The molecule has 1 fully saturated rings. The number of ether oxygens (including phenoxy) is 2. The summed E-state index contributed by atoms with van der Waals surface area (Å²) in [6.07, 6.45) is 3.03. The molecule has 0 radical (unpaired) electrons. The Morgan fingerprint density at radius 1 is 1.12 bits per heavy atom. The van der Waals surface area contributed by atoms with E-state index in [1.807, 2.05) is 32.0 Å². The number of pyridine rings is 1. The first-order valence-electron chi connectivity index (χ1n) is 12.0. The topological polar surface area (TPSA) is 83.5 Å². The summed E-state index contributed by atoms with van der Waals surface area (Å²) in [4.78, 5) is 7.27. The van der Waals surface area contributed by atoms with Crippen LogP contribution in [-0.2, 0) is 6.42 Å². The lowest BCUT2D eigenvalue weighted by Crippen LogP contribution is -2.32. The molecule has 2 N–H and O–H groups in total. The highest BCUT2D eigenvalue weighted by Gasteiger charge is 2.21. The van der Waals surface area contributed by atoms with E-state index in [9.17, 15) is 5.11 Å². The second kappa shape index (κ2) is 9.14. The van der Waals surface area contributed by atoms with Crippen LogP contribution < -0.4 is 9.47 Å². The normalized spacial score (nSPS) is 15.3.